The Hall–Kier alpha value is -2.15. The molecule has 4 bridgehead atoms. The second-order valence-electron chi connectivity index (χ2n) is 7.88. The van der Waals surface area contributed by atoms with Crippen LogP contribution in [-0.2, 0) is 0 Å². The summed E-state index contributed by atoms with van der Waals surface area (Å²) in [7, 11) is 0. The normalized spacial score (nSPS) is 37.0. The first-order chi connectivity index (χ1) is 11.5. The molecule has 0 aliphatic heterocycles. The van der Waals surface area contributed by atoms with Crippen LogP contribution < -0.4 is 11.1 Å². The van der Waals surface area contributed by atoms with Gasteiger partial charge >= 0.3 is 0 Å². The Bertz CT molecular complexity index is 815. The summed E-state index contributed by atoms with van der Waals surface area (Å²) in [6.45, 7) is 0. The van der Waals surface area contributed by atoms with Crippen molar-refractivity contribution in [2.75, 3.05) is 5.32 Å². The van der Waals surface area contributed by atoms with Crippen LogP contribution in [0, 0.1) is 17.8 Å². The maximum Gasteiger partial charge on any atom is 0.252 e. The second-order valence-corrected chi connectivity index (χ2v) is 7.88. The second kappa shape index (κ2) is 4.69. The molecule has 7 heteroatoms. The molecule has 7 nitrogen and oxygen atoms in total. The van der Waals surface area contributed by atoms with Crippen LogP contribution in [0.25, 0.3) is 11.2 Å². The summed E-state index contributed by atoms with van der Waals surface area (Å²) in [6, 6.07) is 0.252. The largest absolute Gasteiger partial charge is 0.390 e. The van der Waals surface area contributed by atoms with Crippen molar-refractivity contribution in [2.24, 2.45) is 23.5 Å². The van der Waals surface area contributed by atoms with E-state index in [9.17, 15) is 9.90 Å². The highest BCUT2D eigenvalue weighted by molar-refractivity contribution is 6.04. The van der Waals surface area contributed by atoms with E-state index in [4.69, 9.17) is 5.73 Å². The highest BCUT2D eigenvalue weighted by Gasteiger charge is 2.54. The van der Waals surface area contributed by atoms with Crippen LogP contribution in [0.2, 0.25) is 0 Å². The summed E-state index contributed by atoms with van der Waals surface area (Å²) < 4.78 is 0. The SMILES string of the molecule is NC(=O)c1cnc2[nH]cnc2c1N[C@H]1[C@@H]2CC3C[C@H]1C[C@@](O)(C3)C2. The molecule has 0 radical (unpaired) electrons. The van der Waals surface area contributed by atoms with Crippen LogP contribution in [-0.4, -0.2) is 37.6 Å². The lowest BCUT2D eigenvalue weighted by Crippen LogP contribution is -2.59. The molecular formula is C17H21N5O2. The van der Waals surface area contributed by atoms with Gasteiger partial charge in [-0.05, 0) is 49.9 Å². The number of pyridine rings is 1. The van der Waals surface area contributed by atoms with E-state index in [1.54, 1.807) is 6.33 Å². The van der Waals surface area contributed by atoms with Crippen molar-refractivity contribution >= 4 is 22.8 Å². The standard InChI is InChI=1S/C17H21N5O2/c18-15(23)11-6-19-16-14(20-7-21-16)13(11)22-12-9-1-8-2-10(12)5-17(24,3-8)4-9/h6-10,12,24H,1-5H2,(H2,18,23)(H2,19,20,21,22)/t8?,9-,10+,12+,17-. The summed E-state index contributed by atoms with van der Waals surface area (Å²) >= 11 is 0. The van der Waals surface area contributed by atoms with Crippen LogP contribution in [0.3, 0.4) is 0 Å². The molecular weight excluding hydrogens is 306 g/mol. The van der Waals surface area contributed by atoms with Gasteiger partial charge in [0.1, 0.15) is 5.52 Å². The van der Waals surface area contributed by atoms with Gasteiger partial charge in [-0.25, -0.2) is 9.97 Å². The number of nitrogens with one attached hydrogen (secondary N) is 2. The minimum Gasteiger partial charge on any atom is -0.390 e. The molecule has 4 aliphatic carbocycles. The van der Waals surface area contributed by atoms with Gasteiger partial charge in [0.15, 0.2) is 5.65 Å². The number of amides is 1. The lowest BCUT2D eigenvalue weighted by molar-refractivity contribution is -0.129. The Morgan fingerprint density at radius 3 is 2.71 bits per heavy atom. The van der Waals surface area contributed by atoms with Crippen molar-refractivity contribution in [1.29, 1.82) is 0 Å². The molecule has 2 heterocycles. The molecule has 6 rings (SSSR count). The fourth-order valence-corrected chi connectivity index (χ4v) is 5.61. The maximum atomic E-state index is 11.8. The van der Waals surface area contributed by atoms with E-state index >= 15 is 0 Å². The van der Waals surface area contributed by atoms with Crippen LogP contribution >= 0.6 is 0 Å². The third kappa shape index (κ3) is 1.97. The molecule has 126 valence electrons. The average molecular weight is 327 g/mol. The lowest BCUT2D eigenvalue weighted by Gasteiger charge is -2.58. The van der Waals surface area contributed by atoms with Gasteiger partial charge in [-0.3, -0.25) is 4.79 Å². The van der Waals surface area contributed by atoms with Gasteiger partial charge in [0.2, 0.25) is 0 Å². The highest BCUT2D eigenvalue weighted by atomic mass is 16.3. The molecule has 5 N–H and O–H groups in total. The van der Waals surface area contributed by atoms with E-state index < -0.39 is 11.5 Å². The maximum absolute atomic E-state index is 11.8. The summed E-state index contributed by atoms with van der Waals surface area (Å²) in [4.78, 5) is 23.4. The smallest absolute Gasteiger partial charge is 0.252 e. The first kappa shape index (κ1) is 14.2. The molecule has 0 saturated heterocycles. The van der Waals surface area contributed by atoms with Gasteiger partial charge in [-0.15, -0.1) is 0 Å². The average Bonchev–Trinajstić information content (AvgIpc) is 2.97. The number of aromatic amines is 1. The molecule has 1 unspecified atom stereocenters. The number of aliphatic hydroxyl groups is 1. The number of rotatable bonds is 3. The van der Waals surface area contributed by atoms with Gasteiger partial charge in [0.05, 0.1) is 23.2 Å². The molecule has 1 amide bonds. The number of imidazole rings is 1. The zero-order valence-corrected chi connectivity index (χ0v) is 13.3. The number of H-pyrrole nitrogens is 1. The van der Waals surface area contributed by atoms with Gasteiger partial charge in [0, 0.05) is 12.2 Å². The molecule has 0 aromatic carbocycles. The number of hydrogen-bond donors (Lipinski definition) is 4. The van der Waals surface area contributed by atoms with E-state index in [1.165, 1.54) is 6.20 Å². The predicted octanol–water partition coefficient (Wildman–Crippen LogP) is 1.41. The van der Waals surface area contributed by atoms with Crippen molar-refractivity contribution in [3.63, 3.8) is 0 Å². The fraction of sp³-hybridized carbons (Fsp3) is 0.588. The van der Waals surface area contributed by atoms with Gasteiger partial charge in [0.25, 0.3) is 5.91 Å². The first-order valence-electron chi connectivity index (χ1n) is 8.63. The number of nitrogens with two attached hydrogens (primary N) is 1. The topological polar surface area (TPSA) is 117 Å². The Kier molecular flexibility index (Phi) is 2.78. The molecule has 0 spiro atoms. The molecule has 24 heavy (non-hydrogen) atoms. The summed E-state index contributed by atoms with van der Waals surface area (Å²) in [5.74, 6) is 1.01. The van der Waals surface area contributed by atoms with Crippen molar-refractivity contribution in [2.45, 2.75) is 43.7 Å². The Morgan fingerprint density at radius 1 is 1.29 bits per heavy atom. The predicted molar refractivity (Wildman–Crippen MR) is 88.3 cm³/mol. The van der Waals surface area contributed by atoms with Crippen molar-refractivity contribution in [3.05, 3.63) is 18.1 Å². The zero-order chi connectivity index (χ0) is 16.5. The van der Waals surface area contributed by atoms with Crippen molar-refractivity contribution in [3.8, 4) is 0 Å². The monoisotopic (exact) mass is 327 g/mol. The van der Waals surface area contributed by atoms with Gasteiger partial charge in [-0.1, -0.05) is 0 Å². The third-order valence-electron chi connectivity index (χ3n) is 6.27. The number of primary amides is 1. The molecule has 4 saturated carbocycles. The summed E-state index contributed by atoms with van der Waals surface area (Å²) in [6.07, 6.45) is 8.03. The van der Waals surface area contributed by atoms with Crippen molar-refractivity contribution in [1.82, 2.24) is 15.0 Å². The van der Waals surface area contributed by atoms with E-state index in [-0.39, 0.29) is 6.04 Å². The lowest BCUT2D eigenvalue weighted by atomic mass is 9.52. The van der Waals surface area contributed by atoms with Crippen LogP contribution in [0.15, 0.2) is 12.5 Å². The van der Waals surface area contributed by atoms with E-state index in [1.807, 2.05) is 0 Å². The minimum atomic E-state index is -0.502. The molecule has 5 atom stereocenters. The highest BCUT2D eigenvalue weighted by Crippen LogP contribution is 2.56. The fourth-order valence-electron chi connectivity index (χ4n) is 5.61. The van der Waals surface area contributed by atoms with Crippen LogP contribution in [0.4, 0.5) is 5.69 Å². The van der Waals surface area contributed by atoms with E-state index in [0.717, 1.165) is 32.1 Å². The zero-order valence-electron chi connectivity index (χ0n) is 13.3. The van der Waals surface area contributed by atoms with E-state index in [0.29, 0.717) is 40.2 Å². The van der Waals surface area contributed by atoms with Crippen LogP contribution in [0.1, 0.15) is 42.5 Å². The Labute approximate surface area is 139 Å². The number of nitrogens with zero attached hydrogens (tertiary/aromatic N) is 2. The van der Waals surface area contributed by atoms with E-state index in [2.05, 4.69) is 20.3 Å². The Morgan fingerprint density at radius 2 is 2.04 bits per heavy atom. The summed E-state index contributed by atoms with van der Waals surface area (Å²) in [5, 5.41) is 14.3. The Balaban J connectivity index is 1.54. The number of aromatic nitrogens is 3. The summed E-state index contributed by atoms with van der Waals surface area (Å²) in [5.41, 5.74) is 7.43. The molecule has 2 aromatic heterocycles. The van der Waals surface area contributed by atoms with Crippen LogP contribution in [0.5, 0.6) is 0 Å². The quantitative estimate of drug-likeness (QED) is 0.680. The third-order valence-corrected chi connectivity index (χ3v) is 6.27. The van der Waals surface area contributed by atoms with Crippen molar-refractivity contribution < 1.29 is 9.90 Å². The molecule has 4 aliphatic rings. The number of carbonyl (C=O) groups excluding carboxylic acids is 1. The number of hydrogen-bond acceptors (Lipinski definition) is 5. The number of carbonyl (C=O) groups is 1. The number of fused-ring (bicyclic) bond motifs is 1. The minimum absolute atomic E-state index is 0.252. The van der Waals surface area contributed by atoms with Gasteiger partial charge < -0.3 is 21.1 Å². The van der Waals surface area contributed by atoms with Gasteiger partial charge in [-0.2, -0.15) is 0 Å². The molecule has 4 fully saturated rings. The number of anilines is 1. The first-order valence-corrected chi connectivity index (χ1v) is 8.63. The molecule has 2 aromatic rings.